The van der Waals surface area contributed by atoms with Crippen molar-refractivity contribution in [3.8, 4) is 11.3 Å². The zero-order valence-electron chi connectivity index (χ0n) is 11.5. The molecule has 0 aliphatic heterocycles. The fourth-order valence-electron chi connectivity index (χ4n) is 2.64. The van der Waals surface area contributed by atoms with Gasteiger partial charge in [-0.3, -0.25) is 4.68 Å². The van der Waals surface area contributed by atoms with Gasteiger partial charge in [-0.25, -0.2) is 4.79 Å². The number of carboxylic acids is 1. The van der Waals surface area contributed by atoms with E-state index >= 15 is 0 Å². The number of nitrogens with zero attached hydrogens (tertiary/aromatic N) is 2. The van der Waals surface area contributed by atoms with Crippen molar-refractivity contribution in [1.82, 2.24) is 9.78 Å². The Morgan fingerprint density at radius 1 is 1.55 bits per heavy atom. The van der Waals surface area contributed by atoms with Crippen LogP contribution in [0.4, 0.5) is 0 Å². The number of carboxylic acid groups (broad SMARTS) is 1. The highest BCUT2D eigenvalue weighted by molar-refractivity contribution is 8.01. The van der Waals surface area contributed by atoms with Crippen molar-refractivity contribution in [2.75, 3.05) is 5.75 Å². The number of thioether (sulfide) groups is 1. The van der Waals surface area contributed by atoms with Gasteiger partial charge >= 0.3 is 5.97 Å². The van der Waals surface area contributed by atoms with E-state index in [1.54, 1.807) is 11.8 Å². The van der Waals surface area contributed by atoms with E-state index in [2.05, 4.69) is 12.0 Å². The van der Waals surface area contributed by atoms with Gasteiger partial charge in [0, 0.05) is 12.6 Å². The Kier molecular flexibility index (Phi) is 3.60. The molecule has 20 heavy (non-hydrogen) atoms. The average molecular weight is 308 g/mol. The molecule has 1 aliphatic carbocycles. The smallest absolute Gasteiger partial charge is 0.346 e. The van der Waals surface area contributed by atoms with E-state index in [1.807, 2.05) is 17.9 Å². The first kappa shape index (κ1) is 13.7. The number of aryl methyl sites for hydroxylation is 2. The van der Waals surface area contributed by atoms with Crippen molar-refractivity contribution in [3.63, 3.8) is 0 Å². The summed E-state index contributed by atoms with van der Waals surface area (Å²) < 4.78 is 3.01. The number of carbonyl (C=O) groups is 1. The van der Waals surface area contributed by atoms with E-state index in [1.165, 1.54) is 16.9 Å². The lowest BCUT2D eigenvalue weighted by Crippen LogP contribution is -2.07. The van der Waals surface area contributed by atoms with Crippen LogP contribution in [0.2, 0.25) is 0 Å². The molecule has 3 rings (SSSR count). The molecule has 0 unspecified atom stereocenters. The summed E-state index contributed by atoms with van der Waals surface area (Å²) in [6.07, 6.45) is 4.67. The van der Waals surface area contributed by atoms with Crippen LogP contribution in [0.5, 0.6) is 0 Å². The summed E-state index contributed by atoms with van der Waals surface area (Å²) in [6, 6.07) is 0. The highest BCUT2D eigenvalue weighted by Crippen LogP contribution is 2.46. The molecule has 0 radical (unpaired) electrons. The second kappa shape index (κ2) is 5.26. The maximum atomic E-state index is 11.5. The van der Waals surface area contributed by atoms with Gasteiger partial charge in [0.15, 0.2) is 0 Å². The number of rotatable bonds is 4. The van der Waals surface area contributed by atoms with Crippen molar-refractivity contribution in [2.45, 2.75) is 30.4 Å². The van der Waals surface area contributed by atoms with E-state index < -0.39 is 5.97 Å². The molecular formula is C14H16N2O2S2. The Bertz CT molecular complexity index is 673. The van der Waals surface area contributed by atoms with E-state index in [0.29, 0.717) is 4.88 Å². The Balaban J connectivity index is 2.19. The lowest BCUT2D eigenvalue weighted by Gasteiger charge is -2.15. The number of aromatic nitrogens is 2. The second-order valence-electron chi connectivity index (χ2n) is 4.87. The standard InChI is InChI=1S/C14H16N2O2S2/c1-3-6-19-14-10-9(12(20-14)13(17)18)5-4-8-7-15-16(2)11(8)10/h7H,3-6H2,1-2H3,(H,17,18). The van der Waals surface area contributed by atoms with Crippen molar-refractivity contribution >= 4 is 29.1 Å². The van der Waals surface area contributed by atoms with Crippen LogP contribution in [-0.2, 0) is 19.9 Å². The molecule has 6 heteroatoms. The minimum absolute atomic E-state index is 0.505. The second-order valence-corrected chi connectivity index (χ2v) is 7.25. The van der Waals surface area contributed by atoms with E-state index in [0.717, 1.165) is 46.0 Å². The number of thiophene rings is 1. The van der Waals surface area contributed by atoms with Gasteiger partial charge in [0.2, 0.25) is 0 Å². The van der Waals surface area contributed by atoms with Crippen LogP contribution in [-0.4, -0.2) is 26.6 Å². The minimum Gasteiger partial charge on any atom is -0.477 e. The molecule has 2 aromatic heterocycles. The third-order valence-electron chi connectivity index (χ3n) is 3.50. The highest BCUT2D eigenvalue weighted by Gasteiger charge is 2.30. The summed E-state index contributed by atoms with van der Waals surface area (Å²) in [6.45, 7) is 2.14. The summed E-state index contributed by atoms with van der Waals surface area (Å²) in [7, 11) is 1.93. The Morgan fingerprint density at radius 2 is 2.35 bits per heavy atom. The van der Waals surface area contributed by atoms with Crippen LogP contribution < -0.4 is 0 Å². The van der Waals surface area contributed by atoms with Gasteiger partial charge in [0.1, 0.15) is 4.88 Å². The first-order valence-corrected chi connectivity index (χ1v) is 8.46. The monoisotopic (exact) mass is 308 g/mol. The molecule has 1 N–H and O–H groups in total. The molecule has 2 heterocycles. The molecule has 0 amide bonds. The molecule has 1 aliphatic rings. The normalized spacial score (nSPS) is 13.1. The Labute approximate surface area is 125 Å². The number of hydrogen-bond acceptors (Lipinski definition) is 4. The van der Waals surface area contributed by atoms with Crippen molar-refractivity contribution in [3.05, 3.63) is 22.2 Å². The van der Waals surface area contributed by atoms with Crippen LogP contribution in [0.25, 0.3) is 11.3 Å². The minimum atomic E-state index is -0.805. The highest BCUT2D eigenvalue weighted by atomic mass is 32.2. The topological polar surface area (TPSA) is 55.1 Å². The summed E-state index contributed by atoms with van der Waals surface area (Å²) in [4.78, 5) is 12.0. The number of fused-ring (bicyclic) bond motifs is 3. The van der Waals surface area contributed by atoms with Gasteiger partial charge in [-0.1, -0.05) is 6.92 Å². The lowest BCUT2D eigenvalue weighted by atomic mass is 9.92. The van der Waals surface area contributed by atoms with Crippen LogP contribution in [0.3, 0.4) is 0 Å². The largest absolute Gasteiger partial charge is 0.477 e. The molecule has 4 nitrogen and oxygen atoms in total. The predicted molar refractivity (Wildman–Crippen MR) is 81.9 cm³/mol. The van der Waals surface area contributed by atoms with Gasteiger partial charge in [-0.05, 0) is 36.1 Å². The molecule has 0 atom stereocenters. The summed E-state index contributed by atoms with van der Waals surface area (Å²) in [5.41, 5.74) is 4.45. The molecular weight excluding hydrogens is 292 g/mol. The van der Waals surface area contributed by atoms with Crippen molar-refractivity contribution in [2.24, 2.45) is 7.05 Å². The lowest BCUT2D eigenvalue weighted by molar-refractivity contribution is 0.0701. The van der Waals surface area contributed by atoms with Crippen LogP contribution >= 0.6 is 23.1 Å². The van der Waals surface area contributed by atoms with Crippen molar-refractivity contribution < 1.29 is 9.90 Å². The zero-order valence-corrected chi connectivity index (χ0v) is 13.1. The summed E-state index contributed by atoms with van der Waals surface area (Å²) in [5.74, 6) is 0.208. The molecule has 0 saturated carbocycles. The van der Waals surface area contributed by atoms with Gasteiger partial charge in [0.25, 0.3) is 0 Å². The predicted octanol–water partition coefficient (Wildman–Crippen LogP) is 3.45. The summed E-state index contributed by atoms with van der Waals surface area (Å²) in [5, 5.41) is 13.8. The SMILES string of the molecule is CCCSc1sc(C(=O)O)c2c1-c1c(cnn1C)CC2. The molecule has 0 bridgehead atoms. The van der Waals surface area contributed by atoms with Gasteiger partial charge in [0.05, 0.1) is 16.1 Å². The number of aromatic carboxylic acids is 1. The summed E-state index contributed by atoms with van der Waals surface area (Å²) >= 11 is 3.18. The molecule has 0 spiro atoms. The Hall–Kier alpha value is -1.27. The average Bonchev–Trinajstić information content (AvgIpc) is 2.97. The first-order valence-electron chi connectivity index (χ1n) is 6.66. The first-order chi connectivity index (χ1) is 9.63. The molecule has 0 fully saturated rings. The molecule has 0 aromatic carbocycles. The number of hydrogen-bond donors (Lipinski definition) is 1. The molecule has 0 saturated heterocycles. The van der Waals surface area contributed by atoms with Crippen LogP contribution in [0.1, 0.15) is 34.1 Å². The van der Waals surface area contributed by atoms with E-state index in [9.17, 15) is 9.90 Å². The van der Waals surface area contributed by atoms with Gasteiger partial charge < -0.3 is 5.11 Å². The van der Waals surface area contributed by atoms with Gasteiger partial charge in [-0.2, -0.15) is 5.10 Å². The molecule has 2 aromatic rings. The quantitative estimate of drug-likeness (QED) is 0.879. The molecule has 106 valence electrons. The van der Waals surface area contributed by atoms with Crippen molar-refractivity contribution in [1.29, 1.82) is 0 Å². The Morgan fingerprint density at radius 3 is 3.05 bits per heavy atom. The maximum absolute atomic E-state index is 11.5. The fraction of sp³-hybridized carbons (Fsp3) is 0.429. The zero-order chi connectivity index (χ0) is 14.3. The van der Waals surface area contributed by atoms with Gasteiger partial charge in [-0.15, -0.1) is 23.1 Å². The third-order valence-corrected chi connectivity index (χ3v) is 6.20. The fourth-order valence-corrected chi connectivity index (χ4v) is 5.05. The van der Waals surface area contributed by atoms with Crippen LogP contribution in [0, 0.1) is 0 Å². The van der Waals surface area contributed by atoms with E-state index in [-0.39, 0.29) is 0 Å². The van der Waals surface area contributed by atoms with Crippen LogP contribution in [0.15, 0.2) is 10.4 Å². The maximum Gasteiger partial charge on any atom is 0.346 e. The third kappa shape index (κ3) is 2.07. The van der Waals surface area contributed by atoms with E-state index in [4.69, 9.17) is 0 Å².